The van der Waals surface area contributed by atoms with Crippen LogP contribution in [0.5, 0.6) is 11.5 Å². The number of rotatable bonds is 8. The number of amides is 2. The molecule has 3 rings (SSSR count). The lowest BCUT2D eigenvalue weighted by Gasteiger charge is -2.13. The van der Waals surface area contributed by atoms with Crippen LogP contribution in [0.25, 0.3) is 10.8 Å². The van der Waals surface area contributed by atoms with Crippen molar-refractivity contribution in [3.63, 3.8) is 0 Å². The van der Waals surface area contributed by atoms with Crippen molar-refractivity contribution in [1.29, 1.82) is 0 Å². The Balaban J connectivity index is 1.33. The van der Waals surface area contributed by atoms with Crippen LogP contribution in [0, 0.1) is 0 Å². The Bertz CT molecular complexity index is 1210. The van der Waals surface area contributed by atoms with Crippen molar-refractivity contribution in [2.75, 3.05) is 13.2 Å². The minimum absolute atomic E-state index is 0.0353. The molecule has 7 nitrogen and oxygen atoms in total. The molecule has 0 atom stereocenters. The third-order valence-corrected chi connectivity index (χ3v) is 6.01. The molecule has 2 amide bonds. The first-order chi connectivity index (χ1) is 16.3. The number of carbonyl (C=O) groups is 2. The molecule has 3 aromatic rings. The standard InChI is InChI=1S/C23H20BrCl2N3O4S/c24-22-16-5-2-1-4-14(16)7-9-19(22)33-13-21(31)28-29-23(34)27-20(30)6-3-11-32-18-10-8-15(25)12-17(18)26/h1-2,4-5,7-10,12H,3,6,11,13H2,(H,28,31)(H2,27,29,30,34). The number of hydrazine groups is 1. The summed E-state index contributed by atoms with van der Waals surface area (Å²) in [6.07, 6.45) is 0.605. The van der Waals surface area contributed by atoms with Crippen LogP contribution in [0.2, 0.25) is 10.0 Å². The van der Waals surface area contributed by atoms with Gasteiger partial charge >= 0.3 is 0 Å². The highest BCUT2D eigenvalue weighted by atomic mass is 79.9. The maximum Gasteiger partial charge on any atom is 0.276 e. The molecule has 3 N–H and O–H groups in total. The molecular formula is C23H20BrCl2N3O4S. The van der Waals surface area contributed by atoms with Gasteiger partial charge in [-0.2, -0.15) is 0 Å². The molecule has 0 fully saturated rings. The maximum atomic E-state index is 12.1. The van der Waals surface area contributed by atoms with E-state index >= 15 is 0 Å². The highest BCUT2D eigenvalue weighted by Crippen LogP contribution is 2.33. The number of benzene rings is 3. The van der Waals surface area contributed by atoms with Crippen molar-refractivity contribution in [2.45, 2.75) is 12.8 Å². The van der Waals surface area contributed by atoms with E-state index in [0.717, 1.165) is 15.2 Å². The Morgan fingerprint density at radius 3 is 2.50 bits per heavy atom. The van der Waals surface area contributed by atoms with Crippen LogP contribution in [0.3, 0.4) is 0 Å². The number of carbonyl (C=O) groups excluding carboxylic acids is 2. The van der Waals surface area contributed by atoms with E-state index in [1.807, 2.05) is 30.3 Å². The molecule has 11 heteroatoms. The summed E-state index contributed by atoms with van der Waals surface area (Å²) in [5, 5.41) is 5.38. The van der Waals surface area contributed by atoms with Gasteiger partial charge in [0.2, 0.25) is 5.91 Å². The average molecular weight is 585 g/mol. The molecule has 0 saturated carbocycles. The van der Waals surface area contributed by atoms with Gasteiger partial charge in [-0.15, -0.1) is 0 Å². The van der Waals surface area contributed by atoms with Crippen LogP contribution in [0.15, 0.2) is 59.1 Å². The van der Waals surface area contributed by atoms with Gasteiger partial charge in [-0.3, -0.25) is 20.4 Å². The van der Waals surface area contributed by atoms with Crippen LogP contribution in [-0.4, -0.2) is 30.1 Å². The molecule has 0 unspecified atom stereocenters. The number of ether oxygens (including phenoxy) is 2. The quantitative estimate of drug-likeness (QED) is 0.192. The lowest BCUT2D eigenvalue weighted by atomic mass is 10.1. The van der Waals surface area contributed by atoms with Crippen molar-refractivity contribution in [3.8, 4) is 11.5 Å². The normalized spacial score (nSPS) is 10.4. The first-order valence-electron chi connectivity index (χ1n) is 10.1. The van der Waals surface area contributed by atoms with Gasteiger partial charge in [0.15, 0.2) is 11.7 Å². The number of hydrogen-bond donors (Lipinski definition) is 3. The summed E-state index contributed by atoms with van der Waals surface area (Å²) in [4.78, 5) is 24.0. The van der Waals surface area contributed by atoms with Gasteiger partial charge in [0.05, 0.1) is 16.1 Å². The van der Waals surface area contributed by atoms with E-state index in [9.17, 15) is 9.59 Å². The molecule has 0 aliphatic carbocycles. The highest BCUT2D eigenvalue weighted by Gasteiger charge is 2.10. The molecule has 0 radical (unpaired) electrons. The molecule has 0 aromatic heterocycles. The van der Waals surface area contributed by atoms with Gasteiger partial charge in [-0.05, 0) is 69.6 Å². The Morgan fingerprint density at radius 2 is 1.71 bits per heavy atom. The van der Waals surface area contributed by atoms with E-state index in [2.05, 4.69) is 32.1 Å². The number of fused-ring (bicyclic) bond motifs is 1. The fourth-order valence-corrected chi connectivity index (χ4v) is 4.09. The Hall–Kier alpha value is -2.59. The molecule has 0 spiro atoms. The second-order valence-corrected chi connectivity index (χ2v) is 9.01. The minimum atomic E-state index is -0.468. The molecule has 0 bridgehead atoms. The smallest absolute Gasteiger partial charge is 0.276 e. The van der Waals surface area contributed by atoms with Crippen LogP contribution in [0.1, 0.15) is 12.8 Å². The Kier molecular flexibility index (Phi) is 9.76. The SMILES string of the molecule is O=C(COc1ccc2ccccc2c1Br)NNC(=S)NC(=O)CCCOc1ccc(Cl)cc1Cl. The van der Waals surface area contributed by atoms with Gasteiger partial charge in [0.25, 0.3) is 5.91 Å². The summed E-state index contributed by atoms with van der Waals surface area (Å²) in [7, 11) is 0. The Labute approximate surface area is 220 Å². The zero-order chi connectivity index (χ0) is 24.5. The van der Waals surface area contributed by atoms with Gasteiger partial charge in [0.1, 0.15) is 11.5 Å². The zero-order valence-corrected chi connectivity index (χ0v) is 21.6. The summed E-state index contributed by atoms with van der Waals surface area (Å²) < 4.78 is 11.9. The summed E-state index contributed by atoms with van der Waals surface area (Å²) in [5.41, 5.74) is 4.85. The van der Waals surface area contributed by atoms with E-state index in [-0.39, 0.29) is 30.7 Å². The van der Waals surface area contributed by atoms with E-state index < -0.39 is 5.91 Å². The van der Waals surface area contributed by atoms with Crippen molar-refractivity contribution >= 4 is 79.0 Å². The average Bonchev–Trinajstić information content (AvgIpc) is 2.81. The summed E-state index contributed by atoms with van der Waals surface area (Å²) in [5.74, 6) is 0.231. The number of halogens is 3. The molecular weight excluding hydrogens is 565 g/mol. The van der Waals surface area contributed by atoms with Gasteiger partial charge < -0.3 is 14.8 Å². The minimum Gasteiger partial charge on any atom is -0.492 e. The summed E-state index contributed by atoms with van der Waals surface area (Å²) in [6.45, 7) is 0.0401. The van der Waals surface area contributed by atoms with Crippen LogP contribution < -0.4 is 25.6 Å². The first-order valence-corrected chi connectivity index (χ1v) is 12.1. The van der Waals surface area contributed by atoms with Crippen molar-refractivity contribution in [1.82, 2.24) is 16.2 Å². The monoisotopic (exact) mass is 583 g/mol. The molecule has 178 valence electrons. The topological polar surface area (TPSA) is 88.7 Å². The molecule has 34 heavy (non-hydrogen) atoms. The van der Waals surface area contributed by atoms with E-state index in [0.29, 0.717) is 28.0 Å². The van der Waals surface area contributed by atoms with Crippen LogP contribution in [-0.2, 0) is 9.59 Å². The number of hydrogen-bond acceptors (Lipinski definition) is 5. The van der Waals surface area contributed by atoms with Gasteiger partial charge in [0, 0.05) is 11.4 Å². The molecule has 3 aromatic carbocycles. The van der Waals surface area contributed by atoms with Crippen molar-refractivity contribution in [3.05, 3.63) is 69.1 Å². The predicted octanol–water partition coefficient (Wildman–Crippen LogP) is 5.17. The van der Waals surface area contributed by atoms with Crippen molar-refractivity contribution in [2.24, 2.45) is 0 Å². The van der Waals surface area contributed by atoms with Gasteiger partial charge in [-0.1, -0.05) is 53.5 Å². The fourth-order valence-electron chi connectivity index (χ4n) is 2.86. The maximum absolute atomic E-state index is 12.1. The van der Waals surface area contributed by atoms with Crippen LogP contribution >= 0.6 is 51.3 Å². The lowest BCUT2D eigenvalue weighted by Crippen LogP contribution is -2.49. The summed E-state index contributed by atoms with van der Waals surface area (Å²) in [6, 6.07) is 16.4. The third kappa shape index (κ3) is 7.73. The third-order valence-electron chi connectivity index (χ3n) is 4.45. The molecule has 0 heterocycles. The highest BCUT2D eigenvalue weighted by molar-refractivity contribution is 9.10. The number of thiocarbonyl (C=S) groups is 1. The van der Waals surface area contributed by atoms with E-state index in [4.69, 9.17) is 44.9 Å². The zero-order valence-electron chi connectivity index (χ0n) is 17.7. The first kappa shape index (κ1) is 26.0. The second kappa shape index (κ2) is 12.8. The molecule has 0 aliphatic rings. The van der Waals surface area contributed by atoms with E-state index in [1.165, 1.54) is 0 Å². The lowest BCUT2D eigenvalue weighted by molar-refractivity contribution is -0.124. The molecule has 0 saturated heterocycles. The number of nitrogens with one attached hydrogen (secondary N) is 3. The predicted molar refractivity (Wildman–Crippen MR) is 140 cm³/mol. The van der Waals surface area contributed by atoms with E-state index in [1.54, 1.807) is 24.3 Å². The second-order valence-electron chi connectivity index (χ2n) is 6.96. The Morgan fingerprint density at radius 1 is 0.941 bits per heavy atom. The largest absolute Gasteiger partial charge is 0.492 e. The van der Waals surface area contributed by atoms with Gasteiger partial charge in [-0.25, -0.2) is 0 Å². The fraction of sp³-hybridized carbons (Fsp3) is 0.174. The summed E-state index contributed by atoms with van der Waals surface area (Å²) >= 11 is 20.4. The molecule has 0 aliphatic heterocycles. The van der Waals surface area contributed by atoms with Crippen LogP contribution in [0.4, 0.5) is 0 Å². The van der Waals surface area contributed by atoms with Crippen molar-refractivity contribution < 1.29 is 19.1 Å².